The molecule has 3 nitrogen and oxygen atoms in total. The van der Waals surface area contributed by atoms with Crippen LogP contribution in [-0.4, -0.2) is 12.6 Å². The Bertz CT molecular complexity index is 649. The zero-order valence-electron chi connectivity index (χ0n) is 11.0. The second-order valence-electron chi connectivity index (χ2n) is 4.38. The first kappa shape index (κ1) is 15.4. The third-order valence-electron chi connectivity index (χ3n) is 2.76. The van der Waals surface area contributed by atoms with E-state index in [0.29, 0.717) is 13.0 Å². The highest BCUT2D eigenvalue weighted by molar-refractivity contribution is 9.10. The van der Waals surface area contributed by atoms with Gasteiger partial charge < -0.3 is 10.6 Å². The van der Waals surface area contributed by atoms with Crippen LogP contribution in [0.3, 0.4) is 0 Å². The molecular weight excluding hydrogens is 342 g/mol. The van der Waals surface area contributed by atoms with Crippen molar-refractivity contribution in [2.75, 3.05) is 11.9 Å². The number of urea groups is 1. The number of nitrogens with one attached hydrogen (secondary N) is 2. The van der Waals surface area contributed by atoms with Crippen LogP contribution in [0.25, 0.3) is 0 Å². The van der Waals surface area contributed by atoms with Gasteiger partial charge >= 0.3 is 6.03 Å². The lowest BCUT2D eigenvalue weighted by atomic mass is 10.1. The van der Waals surface area contributed by atoms with Crippen LogP contribution in [0.5, 0.6) is 0 Å². The first-order valence-electron chi connectivity index (χ1n) is 6.29. The fourth-order valence-corrected chi connectivity index (χ4v) is 2.22. The number of carbonyl (C=O) groups is 1. The van der Waals surface area contributed by atoms with Crippen molar-refractivity contribution >= 4 is 27.6 Å². The Morgan fingerprint density at radius 3 is 2.71 bits per heavy atom. The zero-order valence-corrected chi connectivity index (χ0v) is 12.6. The standard InChI is InChI=1S/C15H13BrF2N2O/c16-11-3-1-2-10(8-11)6-7-19-15(21)20-14-9-12(17)4-5-13(14)18/h1-5,8-9H,6-7H2,(H2,19,20,21). The molecule has 0 saturated carbocycles. The van der Waals surface area contributed by atoms with Crippen LogP contribution in [0.1, 0.15) is 5.56 Å². The average molecular weight is 355 g/mol. The number of anilines is 1. The van der Waals surface area contributed by atoms with E-state index in [4.69, 9.17) is 0 Å². The molecule has 2 aromatic carbocycles. The van der Waals surface area contributed by atoms with Crippen LogP contribution in [0, 0.1) is 11.6 Å². The van der Waals surface area contributed by atoms with Gasteiger partial charge in [0.1, 0.15) is 11.6 Å². The SMILES string of the molecule is O=C(NCCc1cccc(Br)c1)Nc1cc(F)ccc1F. The summed E-state index contributed by atoms with van der Waals surface area (Å²) in [5.41, 5.74) is 0.872. The molecule has 2 amide bonds. The zero-order chi connectivity index (χ0) is 15.2. The summed E-state index contributed by atoms with van der Waals surface area (Å²) in [5, 5.41) is 4.87. The summed E-state index contributed by atoms with van der Waals surface area (Å²) in [5.74, 6) is -1.29. The van der Waals surface area contributed by atoms with Gasteiger partial charge in [-0.1, -0.05) is 28.1 Å². The molecule has 0 saturated heterocycles. The van der Waals surface area contributed by atoms with E-state index < -0.39 is 17.7 Å². The maximum absolute atomic E-state index is 13.3. The van der Waals surface area contributed by atoms with Crippen LogP contribution < -0.4 is 10.6 Å². The molecule has 0 radical (unpaired) electrons. The van der Waals surface area contributed by atoms with Crippen molar-refractivity contribution in [1.29, 1.82) is 0 Å². The predicted molar refractivity (Wildman–Crippen MR) is 81.2 cm³/mol. The smallest absolute Gasteiger partial charge is 0.319 e. The quantitative estimate of drug-likeness (QED) is 0.852. The molecule has 0 aliphatic carbocycles. The minimum Gasteiger partial charge on any atom is -0.338 e. The van der Waals surface area contributed by atoms with E-state index >= 15 is 0 Å². The van der Waals surface area contributed by atoms with Crippen molar-refractivity contribution in [2.24, 2.45) is 0 Å². The largest absolute Gasteiger partial charge is 0.338 e. The summed E-state index contributed by atoms with van der Waals surface area (Å²) < 4.78 is 27.3. The summed E-state index contributed by atoms with van der Waals surface area (Å²) >= 11 is 3.37. The maximum atomic E-state index is 13.3. The monoisotopic (exact) mass is 354 g/mol. The molecule has 0 aliphatic rings. The molecular formula is C15H13BrF2N2O. The second kappa shape index (κ2) is 7.17. The Hall–Kier alpha value is -1.95. The highest BCUT2D eigenvalue weighted by atomic mass is 79.9. The van der Waals surface area contributed by atoms with Crippen molar-refractivity contribution in [3.63, 3.8) is 0 Å². The Kier molecular flexibility index (Phi) is 5.27. The van der Waals surface area contributed by atoms with Crippen LogP contribution in [0.2, 0.25) is 0 Å². The lowest BCUT2D eigenvalue weighted by molar-refractivity contribution is 0.252. The minimum absolute atomic E-state index is 0.185. The van der Waals surface area contributed by atoms with Gasteiger partial charge in [0, 0.05) is 17.1 Å². The van der Waals surface area contributed by atoms with E-state index in [2.05, 4.69) is 26.6 Å². The number of hydrogen-bond acceptors (Lipinski definition) is 1. The highest BCUT2D eigenvalue weighted by Crippen LogP contribution is 2.15. The average Bonchev–Trinajstić information content (AvgIpc) is 2.43. The van der Waals surface area contributed by atoms with Crippen molar-refractivity contribution in [1.82, 2.24) is 5.32 Å². The van der Waals surface area contributed by atoms with Gasteiger partial charge in [0.15, 0.2) is 0 Å². The Labute approximate surface area is 129 Å². The summed E-state index contributed by atoms with van der Waals surface area (Å²) in [6, 6.07) is 10.0. The first-order valence-corrected chi connectivity index (χ1v) is 7.08. The van der Waals surface area contributed by atoms with Crippen LogP contribution in [-0.2, 0) is 6.42 Å². The van der Waals surface area contributed by atoms with Gasteiger partial charge in [-0.05, 0) is 36.2 Å². The van der Waals surface area contributed by atoms with Gasteiger partial charge in [-0.25, -0.2) is 13.6 Å². The molecule has 2 N–H and O–H groups in total. The maximum Gasteiger partial charge on any atom is 0.319 e. The molecule has 6 heteroatoms. The third kappa shape index (κ3) is 4.82. The van der Waals surface area contributed by atoms with E-state index in [1.54, 1.807) is 0 Å². The highest BCUT2D eigenvalue weighted by Gasteiger charge is 2.07. The Balaban J connectivity index is 1.84. The van der Waals surface area contributed by atoms with Crippen LogP contribution in [0.4, 0.5) is 19.3 Å². The first-order chi connectivity index (χ1) is 10.0. The van der Waals surface area contributed by atoms with E-state index in [9.17, 15) is 13.6 Å². The lowest BCUT2D eigenvalue weighted by Gasteiger charge is -2.08. The number of halogens is 3. The molecule has 21 heavy (non-hydrogen) atoms. The summed E-state index contributed by atoms with van der Waals surface area (Å²) in [7, 11) is 0. The Morgan fingerprint density at radius 2 is 1.95 bits per heavy atom. The van der Waals surface area contributed by atoms with Crippen LogP contribution >= 0.6 is 15.9 Å². The lowest BCUT2D eigenvalue weighted by Crippen LogP contribution is -2.30. The molecule has 0 fully saturated rings. The van der Waals surface area contributed by atoms with Crippen molar-refractivity contribution in [2.45, 2.75) is 6.42 Å². The predicted octanol–water partition coefficient (Wildman–Crippen LogP) is 4.09. The normalized spacial score (nSPS) is 10.2. The van der Waals surface area contributed by atoms with Crippen molar-refractivity contribution in [3.8, 4) is 0 Å². The van der Waals surface area contributed by atoms with Gasteiger partial charge in [0.25, 0.3) is 0 Å². The van der Waals surface area contributed by atoms with Crippen molar-refractivity contribution in [3.05, 3.63) is 64.1 Å². The fraction of sp³-hybridized carbons (Fsp3) is 0.133. The molecule has 2 aromatic rings. The summed E-state index contributed by atoms with van der Waals surface area (Å²) in [6.45, 7) is 0.388. The molecule has 0 atom stereocenters. The van der Waals surface area contributed by atoms with E-state index in [0.717, 1.165) is 28.2 Å². The van der Waals surface area contributed by atoms with Crippen molar-refractivity contribution < 1.29 is 13.6 Å². The van der Waals surface area contributed by atoms with Gasteiger partial charge in [-0.15, -0.1) is 0 Å². The minimum atomic E-state index is -0.682. The summed E-state index contributed by atoms with van der Waals surface area (Å²) in [6.07, 6.45) is 0.637. The molecule has 0 aliphatic heterocycles. The molecule has 0 spiro atoms. The molecule has 0 unspecified atom stereocenters. The number of rotatable bonds is 4. The van der Waals surface area contributed by atoms with Gasteiger partial charge in [0.2, 0.25) is 0 Å². The third-order valence-corrected chi connectivity index (χ3v) is 3.26. The Morgan fingerprint density at radius 1 is 1.14 bits per heavy atom. The number of amides is 2. The fourth-order valence-electron chi connectivity index (χ4n) is 1.77. The van der Waals surface area contributed by atoms with E-state index in [1.807, 2.05) is 24.3 Å². The molecule has 0 bridgehead atoms. The number of benzene rings is 2. The topological polar surface area (TPSA) is 41.1 Å². The number of hydrogen-bond donors (Lipinski definition) is 2. The molecule has 0 aromatic heterocycles. The molecule has 0 heterocycles. The van der Waals surface area contributed by atoms with Gasteiger partial charge in [0.05, 0.1) is 5.69 Å². The van der Waals surface area contributed by atoms with Gasteiger partial charge in [-0.3, -0.25) is 0 Å². The van der Waals surface area contributed by atoms with Crippen LogP contribution in [0.15, 0.2) is 46.9 Å². The number of carbonyl (C=O) groups excluding carboxylic acids is 1. The summed E-state index contributed by atoms with van der Waals surface area (Å²) in [4.78, 5) is 11.6. The van der Waals surface area contributed by atoms with E-state index in [1.165, 1.54) is 0 Å². The van der Waals surface area contributed by atoms with Gasteiger partial charge in [-0.2, -0.15) is 0 Å². The van der Waals surface area contributed by atoms with E-state index in [-0.39, 0.29) is 5.69 Å². The molecule has 110 valence electrons. The second-order valence-corrected chi connectivity index (χ2v) is 5.30. The molecule has 2 rings (SSSR count).